The third-order valence-electron chi connectivity index (χ3n) is 3.78. The van der Waals surface area contributed by atoms with Gasteiger partial charge in [0.2, 0.25) is 0 Å². The van der Waals surface area contributed by atoms with Gasteiger partial charge in [-0.05, 0) is 25.7 Å². The second-order valence-electron chi connectivity index (χ2n) is 5.81. The van der Waals surface area contributed by atoms with E-state index in [1.165, 1.54) is 19.2 Å². The van der Waals surface area contributed by atoms with E-state index in [2.05, 4.69) is 23.0 Å². The molecule has 0 aliphatic rings. The summed E-state index contributed by atoms with van der Waals surface area (Å²) in [5, 5.41) is 0. The molecule has 0 N–H and O–H groups in total. The number of unbranched alkanes of at least 4 members (excludes halogenated alkanes) is 6. The number of nitrogens with zero attached hydrogens (tertiary/aromatic N) is 2. The predicted molar refractivity (Wildman–Crippen MR) is 94.5 cm³/mol. The first kappa shape index (κ1) is 19.5. The molecule has 0 aliphatic heterocycles. The third-order valence-corrected chi connectivity index (χ3v) is 3.78. The molecule has 4 nitrogen and oxygen atoms in total. The van der Waals surface area contributed by atoms with Gasteiger partial charge in [0.05, 0.1) is 0 Å². The second kappa shape index (κ2) is 12.9. The summed E-state index contributed by atoms with van der Waals surface area (Å²) in [6.45, 7) is 2.99. The van der Waals surface area contributed by atoms with Crippen molar-refractivity contribution in [1.29, 1.82) is 0 Å². The molecular weight excluding hydrogens is 288 g/mol. The average molecular weight is 318 g/mol. The van der Waals surface area contributed by atoms with Crippen molar-refractivity contribution >= 4 is 11.9 Å². The van der Waals surface area contributed by atoms with E-state index in [1.807, 2.05) is 6.08 Å². The minimum Gasteiger partial charge on any atom is -0.385 e. The Morgan fingerprint density at radius 2 is 2.00 bits per heavy atom. The third kappa shape index (κ3) is 8.60. The van der Waals surface area contributed by atoms with Crippen molar-refractivity contribution in [2.24, 2.45) is 0 Å². The van der Waals surface area contributed by atoms with E-state index in [4.69, 9.17) is 4.74 Å². The maximum absolute atomic E-state index is 12.2. The van der Waals surface area contributed by atoms with Gasteiger partial charge < -0.3 is 4.74 Å². The molecule has 0 aromatic carbocycles. The molecule has 23 heavy (non-hydrogen) atoms. The van der Waals surface area contributed by atoms with E-state index in [0.29, 0.717) is 12.1 Å². The highest BCUT2D eigenvalue weighted by atomic mass is 16.5. The van der Waals surface area contributed by atoms with E-state index >= 15 is 0 Å². The SMILES string of the molecule is CCCCCC(=O)c1ncncc1/C=C/CCCCCCOC. The average Bonchev–Trinajstić information content (AvgIpc) is 2.58. The monoisotopic (exact) mass is 318 g/mol. The number of rotatable bonds is 13. The normalized spacial score (nSPS) is 11.2. The highest BCUT2D eigenvalue weighted by Gasteiger charge is 2.10. The standard InChI is InChI=1S/C19H30N2O2/c1-3-4-9-13-18(22)19-17(15-20-16-21-19)12-10-7-5-6-8-11-14-23-2/h10,12,15-16H,3-9,11,13-14H2,1-2H3/b12-10+. The van der Waals surface area contributed by atoms with E-state index in [1.54, 1.807) is 13.3 Å². The molecule has 128 valence electrons. The minimum atomic E-state index is 0.125. The number of hydrogen-bond donors (Lipinski definition) is 0. The van der Waals surface area contributed by atoms with Crippen molar-refractivity contribution in [3.63, 3.8) is 0 Å². The fourth-order valence-electron chi connectivity index (χ4n) is 2.42. The van der Waals surface area contributed by atoms with E-state index in [0.717, 1.165) is 50.7 Å². The largest absolute Gasteiger partial charge is 0.385 e. The summed E-state index contributed by atoms with van der Waals surface area (Å²) in [6, 6.07) is 0. The molecule has 0 unspecified atom stereocenters. The van der Waals surface area contributed by atoms with Crippen molar-refractivity contribution in [2.75, 3.05) is 13.7 Å². The van der Waals surface area contributed by atoms with Gasteiger partial charge in [0.1, 0.15) is 12.0 Å². The Bertz CT molecular complexity index is 472. The summed E-state index contributed by atoms with van der Waals surface area (Å²) < 4.78 is 5.04. The zero-order valence-corrected chi connectivity index (χ0v) is 14.6. The molecular formula is C19H30N2O2. The Morgan fingerprint density at radius 3 is 2.78 bits per heavy atom. The molecule has 1 aromatic rings. The van der Waals surface area contributed by atoms with Crippen LogP contribution in [0.3, 0.4) is 0 Å². The smallest absolute Gasteiger partial charge is 0.181 e. The summed E-state index contributed by atoms with van der Waals surface area (Å²) in [5.41, 5.74) is 1.40. The molecule has 0 bridgehead atoms. The van der Waals surface area contributed by atoms with Gasteiger partial charge >= 0.3 is 0 Å². The minimum absolute atomic E-state index is 0.125. The molecule has 0 radical (unpaired) electrons. The van der Waals surface area contributed by atoms with Gasteiger partial charge in [0, 0.05) is 31.9 Å². The Hall–Kier alpha value is -1.55. The number of ether oxygens (including phenoxy) is 1. The first-order valence-electron chi connectivity index (χ1n) is 8.78. The number of Topliss-reactive ketones (excluding diaryl/α,β-unsaturated/α-hetero) is 1. The second-order valence-corrected chi connectivity index (χ2v) is 5.81. The summed E-state index contributed by atoms with van der Waals surface area (Å²) >= 11 is 0. The number of methoxy groups -OCH3 is 1. The van der Waals surface area contributed by atoms with Crippen LogP contribution < -0.4 is 0 Å². The van der Waals surface area contributed by atoms with Gasteiger partial charge in [-0.3, -0.25) is 4.79 Å². The van der Waals surface area contributed by atoms with Gasteiger partial charge in [-0.15, -0.1) is 0 Å². The van der Waals surface area contributed by atoms with Crippen LogP contribution in [0.25, 0.3) is 6.08 Å². The maximum Gasteiger partial charge on any atom is 0.181 e. The first-order valence-corrected chi connectivity index (χ1v) is 8.78. The maximum atomic E-state index is 12.2. The van der Waals surface area contributed by atoms with Gasteiger partial charge in [-0.25, -0.2) is 9.97 Å². The van der Waals surface area contributed by atoms with E-state index in [9.17, 15) is 4.79 Å². The van der Waals surface area contributed by atoms with Crippen molar-refractivity contribution < 1.29 is 9.53 Å². The zero-order valence-electron chi connectivity index (χ0n) is 14.6. The summed E-state index contributed by atoms with van der Waals surface area (Å²) in [5.74, 6) is 0.125. The molecule has 1 rings (SSSR count). The van der Waals surface area contributed by atoms with Crippen molar-refractivity contribution in [3.8, 4) is 0 Å². The Balaban J connectivity index is 2.40. The number of allylic oxidation sites excluding steroid dienone is 1. The van der Waals surface area contributed by atoms with Crippen LogP contribution >= 0.6 is 0 Å². The lowest BCUT2D eigenvalue weighted by Crippen LogP contribution is -2.05. The van der Waals surface area contributed by atoms with Crippen LogP contribution in [-0.2, 0) is 4.74 Å². The summed E-state index contributed by atoms with van der Waals surface area (Å²) in [6.07, 6.45) is 16.7. The van der Waals surface area contributed by atoms with Crippen LogP contribution in [-0.4, -0.2) is 29.5 Å². The molecule has 0 saturated carbocycles. The van der Waals surface area contributed by atoms with Gasteiger partial charge in [-0.1, -0.05) is 44.8 Å². The van der Waals surface area contributed by atoms with Crippen molar-refractivity contribution in [2.45, 2.75) is 64.7 Å². The zero-order chi connectivity index (χ0) is 16.8. The van der Waals surface area contributed by atoms with Gasteiger partial charge in [-0.2, -0.15) is 0 Å². The molecule has 0 amide bonds. The van der Waals surface area contributed by atoms with Crippen molar-refractivity contribution in [1.82, 2.24) is 9.97 Å². The van der Waals surface area contributed by atoms with Gasteiger partial charge in [0.15, 0.2) is 5.78 Å². The number of hydrogen-bond acceptors (Lipinski definition) is 4. The number of ketones is 1. The molecule has 0 fully saturated rings. The molecule has 0 atom stereocenters. The van der Waals surface area contributed by atoms with E-state index < -0.39 is 0 Å². The Morgan fingerprint density at radius 1 is 1.17 bits per heavy atom. The Kier molecular flexibility index (Phi) is 11.0. The number of carbonyl (C=O) groups excluding carboxylic acids is 1. The van der Waals surface area contributed by atoms with Gasteiger partial charge in [0.25, 0.3) is 0 Å². The highest BCUT2D eigenvalue weighted by Crippen LogP contribution is 2.13. The predicted octanol–water partition coefficient (Wildman–Crippen LogP) is 4.85. The van der Waals surface area contributed by atoms with Crippen molar-refractivity contribution in [3.05, 3.63) is 29.9 Å². The van der Waals surface area contributed by atoms with Crippen LogP contribution in [0.1, 0.15) is 80.8 Å². The van der Waals surface area contributed by atoms with Crippen LogP contribution in [0.5, 0.6) is 0 Å². The van der Waals surface area contributed by atoms with E-state index in [-0.39, 0.29) is 5.78 Å². The van der Waals surface area contributed by atoms with Crippen LogP contribution in [0.15, 0.2) is 18.6 Å². The summed E-state index contributed by atoms with van der Waals surface area (Å²) in [7, 11) is 1.74. The fraction of sp³-hybridized carbons (Fsp3) is 0.632. The lowest BCUT2D eigenvalue weighted by molar-refractivity contribution is 0.0974. The lowest BCUT2D eigenvalue weighted by Gasteiger charge is -2.03. The topological polar surface area (TPSA) is 52.1 Å². The quantitative estimate of drug-likeness (QED) is 0.385. The van der Waals surface area contributed by atoms with Crippen LogP contribution in [0.2, 0.25) is 0 Å². The molecule has 1 aromatic heterocycles. The molecule has 1 heterocycles. The molecule has 0 saturated heterocycles. The number of aromatic nitrogens is 2. The van der Waals surface area contributed by atoms with Crippen LogP contribution in [0.4, 0.5) is 0 Å². The number of carbonyl (C=O) groups is 1. The molecule has 0 aliphatic carbocycles. The fourth-order valence-corrected chi connectivity index (χ4v) is 2.42. The lowest BCUT2D eigenvalue weighted by atomic mass is 10.1. The Labute approximate surface area is 140 Å². The molecule has 0 spiro atoms. The van der Waals surface area contributed by atoms with Crippen LogP contribution in [0, 0.1) is 0 Å². The first-order chi connectivity index (χ1) is 11.3. The molecule has 4 heteroatoms. The highest BCUT2D eigenvalue weighted by molar-refractivity contribution is 5.97. The summed E-state index contributed by atoms with van der Waals surface area (Å²) in [4.78, 5) is 20.5.